The molecule has 4 aromatic heterocycles. The van der Waals surface area contributed by atoms with E-state index in [9.17, 15) is 10.1 Å². The zero-order valence-corrected chi connectivity index (χ0v) is 49.1. The summed E-state index contributed by atoms with van der Waals surface area (Å²) in [6, 6.07) is 41.4. The molecule has 0 radical (unpaired) electrons. The van der Waals surface area contributed by atoms with E-state index in [0.717, 1.165) is 16.7 Å². The van der Waals surface area contributed by atoms with E-state index in [4.69, 9.17) is 49.7 Å². The highest BCUT2D eigenvalue weighted by atomic mass is 32.5. The molecule has 0 saturated carbocycles. The quantitative estimate of drug-likeness (QED) is 0.0143. The molecule has 1 amide bonds. The summed E-state index contributed by atoms with van der Waals surface area (Å²) in [6.07, 6.45) is 6.38. The van der Waals surface area contributed by atoms with Gasteiger partial charge in [-0.1, -0.05) is 130 Å². The molecule has 420 valence electrons. The molecular weight excluding hydrogens is 1080 g/mol. The van der Waals surface area contributed by atoms with E-state index in [1.165, 1.54) is 12.7 Å². The van der Waals surface area contributed by atoms with Crippen molar-refractivity contribution < 1.29 is 27.7 Å². The molecule has 8 aromatic rings. The van der Waals surface area contributed by atoms with Crippen LogP contribution >= 0.6 is 6.64 Å². The Bertz CT molecular complexity index is 3450. The molecule has 20 nitrogen and oxygen atoms in total. The number of anilines is 1. The number of carbonyl (C=O) groups excluding carboxylic acids is 1. The van der Waals surface area contributed by atoms with Gasteiger partial charge in [0.2, 0.25) is 0 Å². The van der Waals surface area contributed by atoms with Crippen LogP contribution in [0.2, 0.25) is 18.1 Å². The summed E-state index contributed by atoms with van der Waals surface area (Å²) in [5, 5.41) is 20.5. The lowest BCUT2D eigenvalue weighted by molar-refractivity contribution is -0.0250. The predicted octanol–water partition coefficient (Wildman–Crippen LogP) is 9.82. The van der Waals surface area contributed by atoms with Crippen molar-refractivity contribution in [2.45, 2.75) is 100 Å². The van der Waals surface area contributed by atoms with Gasteiger partial charge in [-0.3, -0.25) is 19.2 Å². The number of ether oxygens (including phenoxy) is 2. The predicted molar refractivity (Wildman–Crippen MR) is 317 cm³/mol. The summed E-state index contributed by atoms with van der Waals surface area (Å²) < 4.78 is 38.3. The van der Waals surface area contributed by atoms with E-state index in [1.807, 2.05) is 52.4 Å². The Balaban J connectivity index is 0.994. The van der Waals surface area contributed by atoms with Crippen LogP contribution in [-0.2, 0) is 40.3 Å². The van der Waals surface area contributed by atoms with Gasteiger partial charge in [0.25, 0.3) is 12.5 Å². The van der Waals surface area contributed by atoms with E-state index in [1.54, 1.807) is 43.3 Å². The number of nitriles is 1. The molecule has 7 atom stereocenters. The topological polar surface area (TPSA) is 226 Å². The fraction of sp³-hybridized carbons (Fsp3) is 0.362. The van der Waals surface area contributed by atoms with Crippen LogP contribution < -0.4 is 15.7 Å². The molecule has 2 saturated heterocycles. The molecule has 2 aliphatic rings. The Morgan fingerprint density at radius 1 is 0.765 bits per heavy atom. The standard InChI is InChI=1S/C58H67N14O6PSSi/c1-57(2,3)81(6,7)76-34-47-45(32-49(78-47)72-39-65-51-53(61-36-63-55(51)72)67-56(73)40-21-12-8-13-22-40)69-79(80,74-30-20-29-59)75-33-46-44(31-48(77-46)71-38-64-50-52(66-37-70(4)5)60-35-62-54(50)71)68-58(41-23-14-9-15-24-41,42-25-16-10-17-26-42)43-27-18-11-19-28-43/h8-19,21-28,35-39,44-49,68H,20,30-34H2,1-7H3,(H,69,80)(H,61,63,67,73)/b66-37-/t44?,45?,46-,47-,48-,49-,79?/m1/s1. The van der Waals surface area contributed by atoms with Crippen LogP contribution in [-0.4, -0.2) is 123 Å². The van der Waals surface area contributed by atoms with Gasteiger partial charge in [-0.15, -0.1) is 0 Å². The highest BCUT2D eigenvalue weighted by Gasteiger charge is 2.47. The minimum Gasteiger partial charge on any atom is -0.414 e. The number of amides is 1. The molecule has 2 aliphatic heterocycles. The SMILES string of the molecule is CN(C)/C=N\c1ncnc2c1ncn2[C@H]1CC(NC(c2ccccc2)(c2ccccc2)c2ccccc2)[C@@H](COP(=S)(NC2C[C@H](n3cnc4c(NC(=O)c5ccccc5)ncnc43)O[C@@H]2CO[Si](C)(C)C(C)(C)C)OCCC#N)O1. The van der Waals surface area contributed by atoms with Crippen molar-refractivity contribution in [3.63, 3.8) is 0 Å². The van der Waals surface area contributed by atoms with Crippen molar-refractivity contribution in [3.8, 4) is 6.07 Å². The van der Waals surface area contributed by atoms with Crippen molar-refractivity contribution in [3.05, 3.63) is 169 Å². The first-order valence-corrected chi connectivity index (χ1v) is 32.5. The highest BCUT2D eigenvalue weighted by Crippen LogP contribution is 2.50. The minimum absolute atomic E-state index is 0.0117. The monoisotopic (exact) mass is 1150 g/mol. The number of fused-ring (bicyclic) bond motifs is 2. The maximum atomic E-state index is 13.3. The maximum Gasteiger partial charge on any atom is 0.261 e. The molecule has 10 rings (SSSR count). The summed E-state index contributed by atoms with van der Waals surface area (Å²) >= 11 is 6.53. The number of benzene rings is 4. The molecule has 4 aromatic carbocycles. The molecule has 3 N–H and O–H groups in total. The smallest absolute Gasteiger partial charge is 0.261 e. The van der Waals surface area contributed by atoms with E-state index >= 15 is 0 Å². The van der Waals surface area contributed by atoms with Crippen molar-refractivity contribution in [1.29, 1.82) is 5.26 Å². The summed E-state index contributed by atoms with van der Waals surface area (Å²) in [7, 11) is 1.46. The number of imidazole rings is 2. The van der Waals surface area contributed by atoms with Crippen LogP contribution in [0.1, 0.15) is 79.5 Å². The van der Waals surface area contributed by atoms with Crippen molar-refractivity contribution in [1.82, 2.24) is 54.3 Å². The van der Waals surface area contributed by atoms with Gasteiger partial charge in [0, 0.05) is 44.6 Å². The van der Waals surface area contributed by atoms with Crippen molar-refractivity contribution in [2.75, 3.05) is 39.2 Å². The van der Waals surface area contributed by atoms with Crippen LogP contribution in [0.3, 0.4) is 0 Å². The molecule has 0 bridgehead atoms. The Kier molecular flexibility index (Phi) is 17.4. The van der Waals surface area contributed by atoms with E-state index in [-0.39, 0.29) is 43.0 Å². The molecule has 2 fully saturated rings. The first-order valence-electron chi connectivity index (χ1n) is 26.9. The van der Waals surface area contributed by atoms with Gasteiger partial charge in [0.1, 0.15) is 25.1 Å². The lowest BCUT2D eigenvalue weighted by Crippen LogP contribution is -2.53. The summed E-state index contributed by atoms with van der Waals surface area (Å²) in [5.74, 6) is 0.360. The fourth-order valence-electron chi connectivity index (χ4n) is 9.93. The summed E-state index contributed by atoms with van der Waals surface area (Å²) in [5.41, 5.74) is 4.59. The molecule has 0 aliphatic carbocycles. The van der Waals surface area contributed by atoms with Gasteiger partial charge < -0.3 is 33.2 Å². The van der Waals surface area contributed by atoms with Crippen LogP contribution in [0.15, 0.2) is 152 Å². The number of nitrogens with one attached hydrogen (secondary N) is 3. The third-order valence-electron chi connectivity index (χ3n) is 15.1. The minimum atomic E-state index is -3.54. The maximum absolute atomic E-state index is 13.3. The Hall–Kier alpha value is -7.00. The number of carbonyl (C=O) groups is 1. The van der Waals surface area contributed by atoms with Crippen LogP contribution in [0, 0.1) is 11.3 Å². The molecule has 3 unspecified atom stereocenters. The summed E-state index contributed by atoms with van der Waals surface area (Å²) in [4.78, 5) is 47.3. The first-order chi connectivity index (χ1) is 39.1. The largest absolute Gasteiger partial charge is 0.414 e. The second-order valence-electron chi connectivity index (χ2n) is 21.8. The van der Waals surface area contributed by atoms with Crippen LogP contribution in [0.5, 0.6) is 0 Å². The second kappa shape index (κ2) is 24.6. The summed E-state index contributed by atoms with van der Waals surface area (Å²) in [6.45, 7) is 7.66. The number of nitrogens with zero attached hydrogens (tertiary/aromatic N) is 11. The highest BCUT2D eigenvalue weighted by molar-refractivity contribution is 8.09. The van der Waals surface area contributed by atoms with Gasteiger partial charge in [-0.2, -0.15) is 5.26 Å². The average Bonchev–Trinajstić information content (AvgIpc) is 4.40. The molecular formula is C58H67N14O6PSSi. The van der Waals surface area contributed by atoms with E-state index in [0.29, 0.717) is 46.6 Å². The van der Waals surface area contributed by atoms with Crippen LogP contribution in [0.4, 0.5) is 11.6 Å². The second-order valence-corrected chi connectivity index (χ2v) is 29.8. The third kappa shape index (κ3) is 12.6. The Labute approximate surface area is 477 Å². The number of hydrogen-bond acceptors (Lipinski definition) is 16. The molecule has 6 heterocycles. The zero-order chi connectivity index (χ0) is 56.8. The normalized spacial score (nSPS) is 20.4. The van der Waals surface area contributed by atoms with Crippen LogP contribution in [0.25, 0.3) is 22.3 Å². The first kappa shape index (κ1) is 57.2. The third-order valence-corrected chi connectivity index (χ3v) is 22.2. The number of hydrogen-bond donors (Lipinski definition) is 3. The van der Waals surface area contributed by atoms with E-state index in [2.05, 4.69) is 148 Å². The Morgan fingerprint density at radius 3 is 1.86 bits per heavy atom. The Morgan fingerprint density at radius 2 is 1.30 bits per heavy atom. The van der Waals surface area contributed by atoms with Gasteiger partial charge >= 0.3 is 0 Å². The fourth-order valence-corrected chi connectivity index (χ4v) is 13.3. The lowest BCUT2D eigenvalue weighted by atomic mass is 9.76. The van der Waals surface area contributed by atoms with Gasteiger partial charge in [-0.25, -0.2) is 40.0 Å². The number of rotatable bonds is 22. The lowest BCUT2D eigenvalue weighted by Gasteiger charge is -2.40. The molecule has 0 spiro atoms. The van der Waals surface area contributed by atoms with Gasteiger partial charge in [-0.05, 0) is 58.8 Å². The average molecular weight is 1150 g/mol. The number of aromatic nitrogens is 8. The molecule has 23 heteroatoms. The van der Waals surface area contributed by atoms with Gasteiger partial charge in [0.15, 0.2) is 42.3 Å². The molecule has 81 heavy (non-hydrogen) atoms. The van der Waals surface area contributed by atoms with E-state index < -0.39 is 57.2 Å². The zero-order valence-electron chi connectivity index (χ0n) is 46.4. The van der Waals surface area contributed by atoms with Crippen molar-refractivity contribution in [2.24, 2.45) is 4.99 Å². The van der Waals surface area contributed by atoms with Gasteiger partial charge in [0.05, 0.1) is 69.1 Å². The number of aliphatic imine (C=N–C) groups is 1. The van der Waals surface area contributed by atoms with Crippen molar-refractivity contribution >= 4 is 73.0 Å².